The Hall–Kier alpha value is -3.45. The maximum atomic E-state index is 12.4. The van der Waals surface area contributed by atoms with Gasteiger partial charge in [0, 0.05) is 24.7 Å². The molecule has 0 spiro atoms. The summed E-state index contributed by atoms with van der Waals surface area (Å²) in [6, 6.07) is 15.3. The number of anilines is 1. The van der Waals surface area contributed by atoms with Crippen molar-refractivity contribution in [3.63, 3.8) is 0 Å². The van der Waals surface area contributed by atoms with E-state index in [1.807, 2.05) is 0 Å². The Balaban J connectivity index is 1.65. The van der Waals surface area contributed by atoms with Crippen LogP contribution >= 0.6 is 0 Å². The van der Waals surface area contributed by atoms with E-state index in [1.54, 1.807) is 55.6 Å². The van der Waals surface area contributed by atoms with Crippen LogP contribution in [0.3, 0.4) is 0 Å². The van der Waals surface area contributed by atoms with Crippen LogP contribution in [0.15, 0.2) is 63.8 Å². The molecule has 0 aliphatic heterocycles. The van der Waals surface area contributed by atoms with Gasteiger partial charge in [0.15, 0.2) is 0 Å². The minimum atomic E-state index is -0.694. The van der Waals surface area contributed by atoms with Crippen molar-refractivity contribution in [3.8, 4) is 0 Å². The maximum Gasteiger partial charge on any atom is 0.349 e. The molecule has 0 bridgehead atoms. The van der Waals surface area contributed by atoms with Crippen molar-refractivity contribution in [1.82, 2.24) is 5.32 Å². The topological polar surface area (TPSA) is 97.6 Å². The van der Waals surface area contributed by atoms with Gasteiger partial charge in [-0.15, -0.1) is 0 Å². The molecule has 7 heteroatoms. The van der Waals surface area contributed by atoms with Gasteiger partial charge in [-0.3, -0.25) is 9.59 Å². The molecule has 1 aromatic heterocycles. The second kappa shape index (κ2) is 8.96. The summed E-state index contributed by atoms with van der Waals surface area (Å²) in [7, 11) is 1.57. The van der Waals surface area contributed by atoms with Crippen molar-refractivity contribution in [1.29, 1.82) is 0 Å². The van der Waals surface area contributed by atoms with Gasteiger partial charge in [-0.2, -0.15) is 0 Å². The average molecular weight is 380 g/mol. The Labute approximate surface area is 161 Å². The zero-order valence-electron chi connectivity index (χ0n) is 15.4. The Morgan fingerprint density at radius 1 is 1.07 bits per heavy atom. The molecule has 0 aliphatic rings. The zero-order chi connectivity index (χ0) is 19.9. The molecule has 2 N–H and O–H groups in total. The first-order valence-electron chi connectivity index (χ1n) is 8.75. The van der Waals surface area contributed by atoms with E-state index in [4.69, 9.17) is 9.15 Å². The molecular weight excluding hydrogens is 360 g/mol. The van der Waals surface area contributed by atoms with Crippen molar-refractivity contribution in [3.05, 3.63) is 76.1 Å². The predicted molar refractivity (Wildman–Crippen MR) is 105 cm³/mol. The van der Waals surface area contributed by atoms with E-state index in [-0.39, 0.29) is 17.9 Å². The van der Waals surface area contributed by atoms with E-state index < -0.39 is 11.5 Å². The normalized spacial score (nSPS) is 10.6. The van der Waals surface area contributed by atoms with Gasteiger partial charge in [0.05, 0.1) is 13.0 Å². The number of methoxy groups -OCH3 is 1. The number of benzene rings is 2. The molecule has 0 radical (unpaired) electrons. The van der Waals surface area contributed by atoms with E-state index in [0.717, 1.165) is 5.56 Å². The van der Waals surface area contributed by atoms with Gasteiger partial charge >= 0.3 is 5.63 Å². The van der Waals surface area contributed by atoms with Crippen LogP contribution in [0.25, 0.3) is 11.0 Å². The molecule has 3 rings (SSSR count). The number of amides is 2. The highest BCUT2D eigenvalue weighted by molar-refractivity contribution is 6.05. The van der Waals surface area contributed by atoms with E-state index in [9.17, 15) is 14.4 Å². The minimum Gasteiger partial charge on any atom is -0.422 e. The van der Waals surface area contributed by atoms with E-state index in [0.29, 0.717) is 29.8 Å². The van der Waals surface area contributed by atoms with E-state index in [2.05, 4.69) is 10.6 Å². The van der Waals surface area contributed by atoms with Crippen LogP contribution in [0.2, 0.25) is 0 Å². The number of rotatable bonds is 7. The lowest BCUT2D eigenvalue weighted by atomic mass is 10.1. The van der Waals surface area contributed by atoms with Crippen LogP contribution in [0.4, 0.5) is 5.69 Å². The van der Waals surface area contributed by atoms with Gasteiger partial charge < -0.3 is 19.8 Å². The molecule has 7 nitrogen and oxygen atoms in total. The molecule has 0 saturated carbocycles. The fraction of sp³-hybridized carbons (Fsp3) is 0.190. The standard InChI is InChI=1S/C21H20N2O5/c1-27-11-10-22-19(24)12-14-6-8-16(9-7-14)23-20(25)17-13-15-4-2-3-5-18(15)28-21(17)26/h2-9,13H,10-12H2,1H3,(H,22,24)(H,23,25). The minimum absolute atomic E-state index is 0.0692. The third kappa shape index (κ3) is 4.83. The maximum absolute atomic E-state index is 12.4. The summed E-state index contributed by atoms with van der Waals surface area (Å²) in [6.45, 7) is 0.914. The van der Waals surface area contributed by atoms with Gasteiger partial charge in [-0.25, -0.2) is 4.79 Å². The quantitative estimate of drug-likeness (QED) is 0.484. The number of ether oxygens (including phenoxy) is 1. The summed E-state index contributed by atoms with van der Waals surface area (Å²) in [5, 5.41) is 6.08. The third-order valence-electron chi connectivity index (χ3n) is 4.09. The Bertz CT molecular complexity index is 1040. The lowest BCUT2D eigenvalue weighted by Gasteiger charge is -2.07. The molecule has 0 aliphatic carbocycles. The number of para-hydroxylation sites is 1. The molecule has 3 aromatic rings. The molecular formula is C21H20N2O5. The summed E-state index contributed by atoms with van der Waals surface area (Å²) >= 11 is 0. The highest BCUT2D eigenvalue weighted by Gasteiger charge is 2.14. The highest BCUT2D eigenvalue weighted by atomic mass is 16.5. The summed E-state index contributed by atoms with van der Waals surface area (Å²) in [5.74, 6) is -0.660. The first-order valence-corrected chi connectivity index (χ1v) is 8.75. The van der Waals surface area contributed by atoms with Crippen molar-refractivity contribution < 1.29 is 18.7 Å². The van der Waals surface area contributed by atoms with Gasteiger partial charge in [0.2, 0.25) is 5.91 Å². The molecule has 0 unspecified atom stereocenters. The Morgan fingerprint density at radius 2 is 1.82 bits per heavy atom. The van der Waals surface area contributed by atoms with Crippen LogP contribution < -0.4 is 16.3 Å². The molecule has 28 heavy (non-hydrogen) atoms. The predicted octanol–water partition coefficient (Wildman–Crippen LogP) is 2.35. The van der Waals surface area contributed by atoms with Gasteiger partial charge in [0.1, 0.15) is 11.1 Å². The fourth-order valence-electron chi connectivity index (χ4n) is 2.67. The van der Waals surface area contributed by atoms with Crippen molar-refractivity contribution in [2.45, 2.75) is 6.42 Å². The summed E-state index contributed by atoms with van der Waals surface area (Å²) in [6.07, 6.45) is 0.228. The molecule has 1 heterocycles. The fourth-order valence-corrected chi connectivity index (χ4v) is 2.67. The molecule has 0 atom stereocenters. The number of carbonyl (C=O) groups excluding carboxylic acids is 2. The number of hydrogen-bond donors (Lipinski definition) is 2. The van der Waals surface area contributed by atoms with E-state index in [1.165, 1.54) is 6.07 Å². The summed E-state index contributed by atoms with van der Waals surface area (Å²) in [5.41, 5.74) is 0.984. The first kappa shape index (κ1) is 19.3. The van der Waals surface area contributed by atoms with Crippen LogP contribution in [0.1, 0.15) is 15.9 Å². The monoisotopic (exact) mass is 380 g/mol. The number of hydrogen-bond acceptors (Lipinski definition) is 5. The molecule has 0 fully saturated rings. The van der Waals surface area contributed by atoms with Gasteiger partial charge in [-0.05, 0) is 29.8 Å². The smallest absolute Gasteiger partial charge is 0.349 e. The molecule has 2 aromatic carbocycles. The van der Waals surface area contributed by atoms with Gasteiger partial charge in [0.25, 0.3) is 5.91 Å². The largest absolute Gasteiger partial charge is 0.422 e. The van der Waals surface area contributed by atoms with Crippen LogP contribution in [-0.2, 0) is 16.0 Å². The third-order valence-corrected chi connectivity index (χ3v) is 4.09. The SMILES string of the molecule is COCCNC(=O)Cc1ccc(NC(=O)c2cc3ccccc3oc2=O)cc1. The van der Waals surface area contributed by atoms with Crippen molar-refractivity contribution >= 4 is 28.5 Å². The Kier molecular flexibility index (Phi) is 6.18. The summed E-state index contributed by atoms with van der Waals surface area (Å²) in [4.78, 5) is 36.3. The molecule has 144 valence electrons. The van der Waals surface area contributed by atoms with Crippen molar-refractivity contribution in [2.75, 3.05) is 25.6 Å². The second-order valence-corrected chi connectivity index (χ2v) is 6.16. The number of fused-ring (bicyclic) bond motifs is 1. The molecule has 0 saturated heterocycles. The van der Waals surface area contributed by atoms with E-state index >= 15 is 0 Å². The lowest BCUT2D eigenvalue weighted by Crippen LogP contribution is -2.28. The summed E-state index contributed by atoms with van der Waals surface area (Å²) < 4.78 is 10.1. The van der Waals surface area contributed by atoms with Crippen molar-refractivity contribution in [2.24, 2.45) is 0 Å². The Morgan fingerprint density at radius 3 is 2.57 bits per heavy atom. The van der Waals surface area contributed by atoms with Gasteiger partial charge in [-0.1, -0.05) is 30.3 Å². The first-order chi connectivity index (χ1) is 13.6. The number of carbonyl (C=O) groups is 2. The average Bonchev–Trinajstić information content (AvgIpc) is 2.69. The van der Waals surface area contributed by atoms with Crippen LogP contribution in [-0.4, -0.2) is 32.1 Å². The molecule has 2 amide bonds. The number of nitrogens with one attached hydrogen (secondary N) is 2. The highest BCUT2D eigenvalue weighted by Crippen LogP contribution is 2.15. The second-order valence-electron chi connectivity index (χ2n) is 6.16. The van der Waals surface area contributed by atoms with Crippen LogP contribution in [0, 0.1) is 0 Å². The lowest BCUT2D eigenvalue weighted by molar-refractivity contribution is -0.120. The zero-order valence-corrected chi connectivity index (χ0v) is 15.4. The van der Waals surface area contributed by atoms with Crippen LogP contribution in [0.5, 0.6) is 0 Å².